The normalized spacial score (nSPS) is 27.6. The molecule has 0 unspecified atom stereocenters. The van der Waals surface area contributed by atoms with Gasteiger partial charge in [-0.25, -0.2) is 0 Å². The molecule has 0 N–H and O–H groups in total. The summed E-state index contributed by atoms with van der Waals surface area (Å²) in [6.45, 7) is 2.75. The van der Waals surface area contributed by atoms with Crippen LogP contribution in [0.5, 0.6) is 11.5 Å². The van der Waals surface area contributed by atoms with Gasteiger partial charge < -0.3 is 9.47 Å². The van der Waals surface area contributed by atoms with Crippen molar-refractivity contribution in [3.8, 4) is 11.5 Å². The molecule has 3 rings (SSSR count). The molecule has 0 radical (unpaired) electrons. The van der Waals surface area contributed by atoms with Crippen LogP contribution in [0.15, 0.2) is 12.1 Å². The second-order valence-electron chi connectivity index (χ2n) is 9.26. The summed E-state index contributed by atoms with van der Waals surface area (Å²) < 4.78 is 38.3. The first-order valence-corrected chi connectivity index (χ1v) is 11.8. The van der Waals surface area contributed by atoms with Crippen LogP contribution in [0.2, 0.25) is 0 Å². The third-order valence-corrected chi connectivity index (χ3v) is 7.37. The number of halogens is 2. The summed E-state index contributed by atoms with van der Waals surface area (Å²) in [6.07, 6.45) is 16.1. The highest BCUT2D eigenvalue weighted by Gasteiger charge is 2.31. The molecule has 0 aromatic heterocycles. The Labute approximate surface area is 175 Å². The molecule has 1 aromatic carbocycles. The highest BCUT2D eigenvalue weighted by molar-refractivity contribution is 5.34. The molecule has 164 valence electrons. The van der Waals surface area contributed by atoms with Crippen LogP contribution in [0.1, 0.15) is 84.0 Å². The number of unbranched alkanes of at least 4 members (excludes halogenated alkanes) is 2. The summed E-state index contributed by atoms with van der Waals surface area (Å²) in [7, 11) is 1.33. The van der Waals surface area contributed by atoms with Crippen molar-refractivity contribution in [3.63, 3.8) is 0 Å². The number of rotatable bonds is 9. The van der Waals surface area contributed by atoms with Gasteiger partial charge in [0, 0.05) is 0 Å². The average Bonchev–Trinajstić information content (AvgIpc) is 2.76. The van der Waals surface area contributed by atoms with E-state index in [0.717, 1.165) is 30.6 Å². The van der Waals surface area contributed by atoms with Gasteiger partial charge in [-0.2, -0.15) is 8.78 Å². The fourth-order valence-electron chi connectivity index (χ4n) is 5.45. The van der Waals surface area contributed by atoms with Crippen molar-refractivity contribution in [1.82, 2.24) is 0 Å². The molecular weight excluding hydrogens is 370 g/mol. The molecule has 2 aliphatic rings. The van der Waals surface area contributed by atoms with Gasteiger partial charge >= 0.3 is 0 Å². The van der Waals surface area contributed by atoms with Crippen molar-refractivity contribution in [1.29, 1.82) is 0 Å². The van der Waals surface area contributed by atoms with Gasteiger partial charge in [-0.15, -0.1) is 0 Å². The van der Waals surface area contributed by atoms with E-state index in [1.54, 1.807) is 0 Å². The smallest absolute Gasteiger partial charge is 0.204 e. The van der Waals surface area contributed by atoms with Crippen molar-refractivity contribution in [3.05, 3.63) is 23.8 Å². The molecule has 0 bridgehead atoms. The maximum atomic E-state index is 14.1. The quantitative estimate of drug-likeness (QED) is 0.393. The van der Waals surface area contributed by atoms with E-state index in [4.69, 9.17) is 9.47 Å². The number of hydrogen-bond donors (Lipinski definition) is 0. The van der Waals surface area contributed by atoms with Gasteiger partial charge in [0.05, 0.1) is 13.7 Å². The Morgan fingerprint density at radius 1 is 0.793 bits per heavy atom. The predicted molar refractivity (Wildman–Crippen MR) is 113 cm³/mol. The van der Waals surface area contributed by atoms with Gasteiger partial charge in [-0.3, -0.25) is 0 Å². The minimum absolute atomic E-state index is 0.00758. The monoisotopic (exact) mass is 408 g/mol. The number of benzene rings is 1. The summed E-state index contributed by atoms with van der Waals surface area (Å²) in [5.41, 5.74) is 0. The molecule has 29 heavy (non-hydrogen) atoms. The third-order valence-electron chi connectivity index (χ3n) is 7.37. The van der Waals surface area contributed by atoms with Gasteiger partial charge in [0.25, 0.3) is 0 Å². The zero-order chi connectivity index (χ0) is 20.6. The van der Waals surface area contributed by atoms with Gasteiger partial charge in [-0.1, -0.05) is 45.4 Å². The topological polar surface area (TPSA) is 18.5 Å². The largest absolute Gasteiger partial charge is 0.494 e. The number of methoxy groups -OCH3 is 1. The molecule has 0 spiro atoms. The van der Waals surface area contributed by atoms with Gasteiger partial charge in [0.1, 0.15) is 0 Å². The SMILES string of the molecule is CCCCC[C@H]1CC[C@H]([C@H]2CC[C@H](COc3ccc(OC)c(F)c3F)CC2)CC1. The Morgan fingerprint density at radius 3 is 1.93 bits per heavy atom. The van der Waals surface area contributed by atoms with Crippen LogP contribution < -0.4 is 9.47 Å². The Balaban J connectivity index is 1.37. The first kappa shape index (κ1) is 22.4. The fourth-order valence-corrected chi connectivity index (χ4v) is 5.45. The molecule has 0 saturated heterocycles. The third kappa shape index (κ3) is 6.08. The van der Waals surface area contributed by atoms with E-state index in [0.29, 0.717) is 12.5 Å². The molecule has 2 aliphatic carbocycles. The lowest BCUT2D eigenvalue weighted by molar-refractivity contribution is 0.120. The van der Waals surface area contributed by atoms with Crippen LogP contribution >= 0.6 is 0 Å². The Hall–Kier alpha value is -1.32. The second kappa shape index (κ2) is 11.2. The molecule has 2 nitrogen and oxygen atoms in total. The lowest BCUT2D eigenvalue weighted by atomic mass is 9.69. The molecular formula is C25H38F2O2. The van der Waals surface area contributed by atoms with E-state index in [2.05, 4.69) is 6.92 Å². The van der Waals surface area contributed by atoms with E-state index in [-0.39, 0.29) is 11.5 Å². The van der Waals surface area contributed by atoms with E-state index < -0.39 is 11.6 Å². The molecule has 0 heterocycles. The highest BCUT2D eigenvalue weighted by atomic mass is 19.2. The summed E-state index contributed by atoms with van der Waals surface area (Å²) in [5, 5.41) is 0. The first-order chi connectivity index (χ1) is 14.1. The molecule has 0 atom stereocenters. The summed E-state index contributed by atoms with van der Waals surface area (Å²) in [4.78, 5) is 0. The zero-order valence-electron chi connectivity index (χ0n) is 18.2. The first-order valence-electron chi connectivity index (χ1n) is 11.8. The molecule has 0 amide bonds. The Kier molecular flexibility index (Phi) is 8.62. The maximum absolute atomic E-state index is 14.1. The summed E-state index contributed by atoms with van der Waals surface area (Å²) >= 11 is 0. The van der Waals surface area contributed by atoms with Crippen LogP contribution in [0.3, 0.4) is 0 Å². The van der Waals surface area contributed by atoms with Crippen molar-refractivity contribution >= 4 is 0 Å². The van der Waals surface area contributed by atoms with Crippen molar-refractivity contribution < 1.29 is 18.3 Å². The van der Waals surface area contributed by atoms with Crippen LogP contribution in [-0.2, 0) is 0 Å². The second-order valence-corrected chi connectivity index (χ2v) is 9.26. The van der Waals surface area contributed by atoms with Gasteiger partial charge in [0.2, 0.25) is 11.6 Å². The fraction of sp³-hybridized carbons (Fsp3) is 0.760. The maximum Gasteiger partial charge on any atom is 0.204 e. The van der Waals surface area contributed by atoms with Gasteiger partial charge in [-0.05, 0) is 74.3 Å². The molecule has 2 saturated carbocycles. The lowest BCUT2D eigenvalue weighted by Crippen LogP contribution is -2.27. The molecule has 4 heteroatoms. The van der Waals surface area contributed by atoms with Gasteiger partial charge in [0.15, 0.2) is 11.5 Å². The van der Waals surface area contributed by atoms with E-state index in [1.165, 1.54) is 83.5 Å². The minimum Gasteiger partial charge on any atom is -0.494 e. The van der Waals surface area contributed by atoms with Crippen molar-refractivity contribution in [2.24, 2.45) is 23.7 Å². The minimum atomic E-state index is -0.973. The van der Waals surface area contributed by atoms with E-state index in [9.17, 15) is 8.78 Å². The average molecular weight is 409 g/mol. The lowest BCUT2D eigenvalue weighted by Gasteiger charge is -2.38. The predicted octanol–water partition coefficient (Wildman–Crippen LogP) is 7.55. The summed E-state index contributed by atoms with van der Waals surface area (Å²) in [5.74, 6) is 1.17. The van der Waals surface area contributed by atoms with Crippen molar-refractivity contribution in [2.45, 2.75) is 84.0 Å². The molecule has 0 aliphatic heterocycles. The zero-order valence-corrected chi connectivity index (χ0v) is 18.2. The van der Waals surface area contributed by atoms with Crippen molar-refractivity contribution in [2.75, 3.05) is 13.7 Å². The van der Waals surface area contributed by atoms with Crippen LogP contribution in [0.4, 0.5) is 8.78 Å². The highest BCUT2D eigenvalue weighted by Crippen LogP contribution is 2.42. The molecule has 2 fully saturated rings. The van der Waals surface area contributed by atoms with E-state index in [1.807, 2.05) is 0 Å². The number of ether oxygens (including phenoxy) is 2. The number of hydrogen-bond acceptors (Lipinski definition) is 2. The van der Waals surface area contributed by atoms with Crippen LogP contribution in [0.25, 0.3) is 0 Å². The summed E-state index contributed by atoms with van der Waals surface area (Å²) in [6, 6.07) is 2.88. The standard InChI is InChI=1S/C25H38F2O2/c1-3-4-5-6-18-7-11-20(12-8-18)21-13-9-19(10-14-21)17-29-23-16-15-22(28-2)24(26)25(23)27/h15-16,18-21H,3-14,17H2,1-2H3/t18-,19-,20-,21-. The molecule has 1 aromatic rings. The Bertz CT molecular complexity index is 617. The van der Waals surface area contributed by atoms with Crippen LogP contribution in [0, 0.1) is 35.3 Å². The van der Waals surface area contributed by atoms with E-state index >= 15 is 0 Å². The van der Waals surface area contributed by atoms with Crippen LogP contribution in [-0.4, -0.2) is 13.7 Å². The Morgan fingerprint density at radius 2 is 1.34 bits per heavy atom.